The lowest BCUT2D eigenvalue weighted by molar-refractivity contribution is -0.385. The third-order valence-electron chi connectivity index (χ3n) is 2.10. The van der Waals surface area contributed by atoms with Crippen molar-refractivity contribution in [2.45, 2.75) is 25.9 Å². The molecular formula is C10H12FNO3. The molecule has 0 saturated heterocycles. The van der Waals surface area contributed by atoms with Crippen LogP contribution in [0.5, 0.6) is 0 Å². The zero-order chi connectivity index (χ0) is 11.4. The molecule has 4 nitrogen and oxygen atoms in total. The zero-order valence-electron chi connectivity index (χ0n) is 8.31. The Bertz CT molecular complexity index is 366. The summed E-state index contributed by atoms with van der Waals surface area (Å²) in [6, 6.07) is 3.75. The van der Waals surface area contributed by atoms with Crippen LogP contribution in [0.25, 0.3) is 0 Å². The van der Waals surface area contributed by atoms with Gasteiger partial charge in [-0.25, -0.2) is 4.39 Å². The van der Waals surface area contributed by atoms with Gasteiger partial charge in [-0.1, -0.05) is 6.07 Å². The number of benzene rings is 1. The van der Waals surface area contributed by atoms with E-state index in [1.54, 1.807) is 6.92 Å². The smallest absolute Gasteiger partial charge is 0.275 e. The van der Waals surface area contributed by atoms with Crippen LogP contribution in [0.3, 0.4) is 0 Å². The molecule has 1 aromatic rings. The molecule has 0 fully saturated rings. The highest BCUT2D eigenvalue weighted by Gasteiger charge is 2.17. The summed E-state index contributed by atoms with van der Waals surface area (Å²) in [7, 11) is 0. The number of aliphatic hydroxyl groups excluding tert-OH is 1. The van der Waals surface area contributed by atoms with Crippen LogP contribution in [0.1, 0.15) is 18.9 Å². The summed E-state index contributed by atoms with van der Waals surface area (Å²) in [5.74, 6) is -0.593. The minimum atomic E-state index is -0.611. The lowest BCUT2D eigenvalue weighted by Crippen LogP contribution is -2.05. The second-order valence-corrected chi connectivity index (χ2v) is 3.38. The molecule has 5 heteroatoms. The number of nitrogens with zero attached hydrogens (tertiary/aromatic N) is 1. The molecular weight excluding hydrogens is 201 g/mol. The topological polar surface area (TPSA) is 63.4 Å². The molecule has 0 unspecified atom stereocenters. The molecule has 1 N–H and O–H groups in total. The molecule has 0 heterocycles. The van der Waals surface area contributed by atoms with Crippen molar-refractivity contribution < 1.29 is 14.4 Å². The molecule has 1 atom stereocenters. The third kappa shape index (κ3) is 2.99. The number of rotatable bonds is 4. The fraction of sp³-hybridized carbons (Fsp3) is 0.400. The van der Waals surface area contributed by atoms with Crippen LogP contribution in [-0.2, 0) is 6.42 Å². The van der Waals surface area contributed by atoms with Gasteiger partial charge >= 0.3 is 0 Å². The van der Waals surface area contributed by atoms with Crippen molar-refractivity contribution in [3.63, 3.8) is 0 Å². The lowest BCUT2D eigenvalue weighted by atomic mass is 10.0. The molecule has 1 aromatic carbocycles. The molecule has 0 bridgehead atoms. The molecule has 1 rings (SSSR count). The van der Waals surface area contributed by atoms with E-state index in [1.807, 2.05) is 0 Å². The summed E-state index contributed by atoms with van der Waals surface area (Å²) in [6.07, 6.45) is -0.119. The number of nitro benzene ring substituents is 1. The first-order chi connectivity index (χ1) is 7.02. The second kappa shape index (κ2) is 4.84. The van der Waals surface area contributed by atoms with E-state index in [9.17, 15) is 14.5 Å². The normalized spacial score (nSPS) is 12.5. The largest absolute Gasteiger partial charge is 0.393 e. The SMILES string of the molecule is C[C@H](O)CCc1c(F)cccc1[N+](=O)[O-]. The Morgan fingerprint density at radius 2 is 2.27 bits per heavy atom. The van der Waals surface area contributed by atoms with Gasteiger partial charge in [0.15, 0.2) is 0 Å². The minimum Gasteiger partial charge on any atom is -0.393 e. The summed E-state index contributed by atoms with van der Waals surface area (Å²) in [6.45, 7) is 1.56. The van der Waals surface area contributed by atoms with Crippen LogP contribution in [0.4, 0.5) is 10.1 Å². The monoisotopic (exact) mass is 213 g/mol. The van der Waals surface area contributed by atoms with E-state index in [0.29, 0.717) is 6.42 Å². The standard InChI is InChI=1S/C10H12FNO3/c1-7(13)5-6-8-9(11)3-2-4-10(8)12(14)15/h2-4,7,13H,5-6H2,1H3/t7-/m0/s1. The number of nitro groups is 1. The average Bonchev–Trinajstić information content (AvgIpc) is 2.15. The Morgan fingerprint density at radius 3 is 2.80 bits per heavy atom. The lowest BCUT2D eigenvalue weighted by Gasteiger charge is -2.05. The molecule has 0 aliphatic carbocycles. The van der Waals surface area contributed by atoms with Gasteiger partial charge in [0.2, 0.25) is 0 Å². The van der Waals surface area contributed by atoms with Crippen molar-refractivity contribution in [1.82, 2.24) is 0 Å². The van der Waals surface area contributed by atoms with Gasteiger partial charge < -0.3 is 5.11 Å². The molecule has 0 radical (unpaired) electrons. The Hall–Kier alpha value is -1.49. The van der Waals surface area contributed by atoms with Gasteiger partial charge in [0.1, 0.15) is 5.82 Å². The molecule has 0 spiro atoms. The number of halogens is 1. The first-order valence-corrected chi connectivity index (χ1v) is 4.62. The molecule has 82 valence electrons. The van der Waals surface area contributed by atoms with Crippen molar-refractivity contribution in [3.8, 4) is 0 Å². The van der Waals surface area contributed by atoms with E-state index >= 15 is 0 Å². The molecule has 15 heavy (non-hydrogen) atoms. The second-order valence-electron chi connectivity index (χ2n) is 3.38. The number of hydrogen-bond acceptors (Lipinski definition) is 3. The van der Waals surface area contributed by atoms with Crippen molar-refractivity contribution in [1.29, 1.82) is 0 Å². The maximum Gasteiger partial charge on any atom is 0.275 e. The van der Waals surface area contributed by atoms with Crippen molar-refractivity contribution in [2.75, 3.05) is 0 Å². The molecule has 0 aliphatic heterocycles. The van der Waals surface area contributed by atoms with Crippen LogP contribution in [0.2, 0.25) is 0 Å². The molecule has 0 aliphatic rings. The predicted molar refractivity (Wildman–Crippen MR) is 53.1 cm³/mol. The summed E-state index contributed by atoms with van der Waals surface area (Å²) >= 11 is 0. The van der Waals surface area contributed by atoms with Gasteiger partial charge in [-0.05, 0) is 25.8 Å². The van der Waals surface area contributed by atoms with Crippen LogP contribution in [0, 0.1) is 15.9 Å². The number of hydrogen-bond donors (Lipinski definition) is 1. The highest BCUT2D eigenvalue weighted by Crippen LogP contribution is 2.22. The van der Waals surface area contributed by atoms with Crippen LogP contribution in [-0.4, -0.2) is 16.1 Å². The van der Waals surface area contributed by atoms with Gasteiger partial charge in [-0.15, -0.1) is 0 Å². The van der Waals surface area contributed by atoms with Gasteiger partial charge in [-0.2, -0.15) is 0 Å². The molecule has 0 saturated carbocycles. The maximum absolute atomic E-state index is 13.3. The van der Waals surface area contributed by atoms with Crippen LogP contribution >= 0.6 is 0 Å². The predicted octanol–water partition coefficient (Wildman–Crippen LogP) is 2.05. The Labute approximate surface area is 86.5 Å². The van der Waals surface area contributed by atoms with Gasteiger partial charge in [0, 0.05) is 6.07 Å². The third-order valence-corrected chi connectivity index (χ3v) is 2.10. The van der Waals surface area contributed by atoms with Crippen LogP contribution < -0.4 is 0 Å². The van der Waals surface area contributed by atoms with Gasteiger partial charge in [0.25, 0.3) is 5.69 Å². The van der Waals surface area contributed by atoms with Crippen molar-refractivity contribution in [3.05, 3.63) is 39.7 Å². The fourth-order valence-corrected chi connectivity index (χ4v) is 1.32. The summed E-state index contributed by atoms with van der Waals surface area (Å²) < 4.78 is 13.3. The van der Waals surface area contributed by atoms with E-state index in [-0.39, 0.29) is 17.7 Å². The molecule has 0 aromatic heterocycles. The Kier molecular flexibility index (Phi) is 3.74. The maximum atomic E-state index is 13.3. The first-order valence-electron chi connectivity index (χ1n) is 4.62. The average molecular weight is 213 g/mol. The van der Waals surface area contributed by atoms with E-state index in [2.05, 4.69) is 0 Å². The minimum absolute atomic E-state index is 0.0587. The van der Waals surface area contributed by atoms with Crippen molar-refractivity contribution >= 4 is 5.69 Å². The van der Waals surface area contributed by atoms with Gasteiger partial charge in [0.05, 0.1) is 16.6 Å². The fourth-order valence-electron chi connectivity index (χ4n) is 1.32. The zero-order valence-corrected chi connectivity index (χ0v) is 8.31. The van der Waals surface area contributed by atoms with E-state index in [1.165, 1.54) is 18.2 Å². The van der Waals surface area contributed by atoms with Crippen molar-refractivity contribution in [2.24, 2.45) is 0 Å². The van der Waals surface area contributed by atoms with E-state index in [4.69, 9.17) is 5.11 Å². The van der Waals surface area contributed by atoms with E-state index < -0.39 is 16.8 Å². The Balaban J connectivity index is 2.97. The van der Waals surface area contributed by atoms with E-state index in [0.717, 1.165) is 0 Å². The van der Waals surface area contributed by atoms with Gasteiger partial charge in [-0.3, -0.25) is 10.1 Å². The highest BCUT2D eigenvalue weighted by atomic mass is 19.1. The summed E-state index contributed by atoms with van der Waals surface area (Å²) in [5.41, 5.74) is -0.168. The first kappa shape index (κ1) is 11.6. The highest BCUT2D eigenvalue weighted by molar-refractivity contribution is 5.40. The Morgan fingerprint density at radius 1 is 1.60 bits per heavy atom. The molecule has 0 amide bonds. The summed E-state index contributed by atoms with van der Waals surface area (Å²) in [4.78, 5) is 9.98. The quantitative estimate of drug-likeness (QED) is 0.615. The summed E-state index contributed by atoms with van der Waals surface area (Å²) in [5, 5.41) is 19.6. The van der Waals surface area contributed by atoms with Crippen LogP contribution in [0.15, 0.2) is 18.2 Å². The number of aliphatic hydroxyl groups is 1.